The number of carbonyl (C=O) groups is 1. The second-order valence-electron chi connectivity index (χ2n) is 6.20. The van der Waals surface area contributed by atoms with Gasteiger partial charge in [0.25, 0.3) is 5.91 Å². The third kappa shape index (κ3) is 3.64. The molecule has 2 N–H and O–H groups in total. The van der Waals surface area contributed by atoms with Crippen molar-refractivity contribution in [1.82, 2.24) is 4.90 Å². The zero-order chi connectivity index (χ0) is 14.5. The molecule has 2 atom stereocenters. The first-order valence-corrected chi connectivity index (χ1v) is 7.86. The van der Waals surface area contributed by atoms with Crippen molar-refractivity contribution >= 4 is 11.7 Å². The molecule has 0 aromatic rings. The lowest BCUT2D eigenvalue weighted by molar-refractivity contribution is -0.142. The molecule has 1 aliphatic carbocycles. The number of nitrogens with two attached hydrogens (primary N) is 1. The Bertz CT molecular complexity index is 354. The molecule has 0 aromatic carbocycles. The molecule has 0 aromatic heterocycles. The zero-order valence-electron chi connectivity index (χ0n) is 12.7. The number of nitrogens with zero attached hydrogens (tertiary/aromatic N) is 2. The molecule has 1 saturated heterocycles. The molecule has 114 valence electrons. The van der Waals surface area contributed by atoms with Crippen molar-refractivity contribution in [3.05, 3.63) is 0 Å². The summed E-state index contributed by atoms with van der Waals surface area (Å²) in [5.41, 5.74) is 5.90. The van der Waals surface area contributed by atoms with Gasteiger partial charge in [0.05, 0.1) is 0 Å². The molecule has 1 heterocycles. The molecule has 5 heteroatoms. The molecule has 20 heavy (non-hydrogen) atoms. The Hall–Kier alpha value is -1.26. The number of amides is 1. The number of hydrogen-bond donors (Lipinski definition) is 1. The lowest BCUT2D eigenvalue weighted by Crippen LogP contribution is -2.48. The van der Waals surface area contributed by atoms with E-state index in [0.717, 1.165) is 25.7 Å². The van der Waals surface area contributed by atoms with Crippen LogP contribution in [0.5, 0.6) is 0 Å². The van der Waals surface area contributed by atoms with Gasteiger partial charge in [-0.25, -0.2) is 0 Å². The Labute approximate surface area is 121 Å². The Morgan fingerprint density at radius 3 is 2.35 bits per heavy atom. The Morgan fingerprint density at radius 1 is 1.15 bits per heavy atom. The fraction of sp³-hybridized carbons (Fsp3) is 0.867. The van der Waals surface area contributed by atoms with Crippen molar-refractivity contribution in [3.8, 4) is 0 Å². The SMILES string of the molecule is C[C@@H]1CCC[C@@H](C)N1C(=O)CO/N=C(/N)C1CCCC1. The van der Waals surface area contributed by atoms with Crippen molar-refractivity contribution in [2.45, 2.75) is 70.9 Å². The summed E-state index contributed by atoms with van der Waals surface area (Å²) in [5, 5.41) is 3.94. The topological polar surface area (TPSA) is 67.9 Å². The van der Waals surface area contributed by atoms with Gasteiger partial charge in [0, 0.05) is 18.0 Å². The summed E-state index contributed by atoms with van der Waals surface area (Å²) in [6.45, 7) is 4.20. The summed E-state index contributed by atoms with van der Waals surface area (Å²) >= 11 is 0. The molecule has 2 aliphatic rings. The molecule has 1 amide bonds. The molecule has 0 bridgehead atoms. The Morgan fingerprint density at radius 2 is 1.75 bits per heavy atom. The molecule has 2 rings (SSSR count). The third-order valence-electron chi connectivity index (χ3n) is 4.61. The van der Waals surface area contributed by atoms with Gasteiger partial charge in [0.15, 0.2) is 6.61 Å². The first kappa shape index (κ1) is 15.1. The molecule has 2 fully saturated rings. The molecule has 1 saturated carbocycles. The maximum atomic E-state index is 12.2. The van der Waals surface area contributed by atoms with Gasteiger partial charge in [-0.2, -0.15) is 0 Å². The highest BCUT2D eigenvalue weighted by Gasteiger charge is 2.29. The van der Waals surface area contributed by atoms with Crippen molar-refractivity contribution in [2.24, 2.45) is 16.8 Å². The number of carbonyl (C=O) groups excluding carboxylic acids is 1. The molecule has 0 radical (unpaired) electrons. The average molecular weight is 281 g/mol. The van der Waals surface area contributed by atoms with E-state index < -0.39 is 0 Å². The molecule has 1 aliphatic heterocycles. The summed E-state index contributed by atoms with van der Waals surface area (Å²) in [7, 11) is 0. The monoisotopic (exact) mass is 281 g/mol. The highest BCUT2D eigenvalue weighted by molar-refractivity contribution is 5.83. The van der Waals surface area contributed by atoms with Crippen LogP contribution >= 0.6 is 0 Å². The van der Waals surface area contributed by atoms with Crippen LogP contribution in [0.15, 0.2) is 5.16 Å². The fourth-order valence-electron chi connectivity index (χ4n) is 3.45. The first-order valence-electron chi connectivity index (χ1n) is 7.86. The summed E-state index contributed by atoms with van der Waals surface area (Å²) < 4.78 is 0. The summed E-state index contributed by atoms with van der Waals surface area (Å²) in [4.78, 5) is 19.3. The van der Waals surface area contributed by atoms with Crippen molar-refractivity contribution < 1.29 is 9.63 Å². The standard InChI is InChI=1S/C15H27N3O2/c1-11-6-5-7-12(2)18(11)14(19)10-20-17-15(16)13-8-3-4-9-13/h11-13H,3-10H2,1-2H3,(H2,16,17)/t11-,12-/m1/s1. The predicted octanol–water partition coefficient (Wildman–Crippen LogP) is 2.25. The van der Waals surface area contributed by atoms with Gasteiger partial charge in [-0.3, -0.25) is 4.79 Å². The van der Waals surface area contributed by atoms with E-state index in [-0.39, 0.29) is 12.5 Å². The highest BCUT2D eigenvalue weighted by Crippen LogP contribution is 2.25. The van der Waals surface area contributed by atoms with Gasteiger partial charge >= 0.3 is 0 Å². The number of piperidine rings is 1. The molecule has 0 unspecified atom stereocenters. The average Bonchev–Trinajstić information content (AvgIpc) is 2.92. The van der Waals surface area contributed by atoms with Crippen molar-refractivity contribution in [1.29, 1.82) is 0 Å². The highest BCUT2D eigenvalue weighted by atomic mass is 16.6. The maximum absolute atomic E-state index is 12.2. The predicted molar refractivity (Wildman–Crippen MR) is 79.2 cm³/mol. The number of hydrogen-bond acceptors (Lipinski definition) is 3. The van der Waals surface area contributed by atoms with Crippen LogP contribution in [0.4, 0.5) is 0 Å². The zero-order valence-corrected chi connectivity index (χ0v) is 12.7. The lowest BCUT2D eigenvalue weighted by atomic mass is 9.97. The molecular weight excluding hydrogens is 254 g/mol. The van der Waals surface area contributed by atoms with Gasteiger partial charge in [-0.15, -0.1) is 0 Å². The van der Waals surface area contributed by atoms with E-state index in [1.165, 1.54) is 19.3 Å². The van der Waals surface area contributed by atoms with Gasteiger partial charge < -0.3 is 15.5 Å². The van der Waals surface area contributed by atoms with Crippen LogP contribution < -0.4 is 5.73 Å². The van der Waals surface area contributed by atoms with Gasteiger partial charge in [0.2, 0.25) is 0 Å². The smallest absolute Gasteiger partial charge is 0.263 e. The number of amidine groups is 1. The Balaban J connectivity index is 1.80. The van der Waals surface area contributed by atoms with E-state index in [4.69, 9.17) is 10.6 Å². The number of likely N-dealkylation sites (tertiary alicyclic amines) is 1. The van der Waals surface area contributed by atoms with Crippen LogP contribution in [0.2, 0.25) is 0 Å². The third-order valence-corrected chi connectivity index (χ3v) is 4.61. The van der Waals surface area contributed by atoms with Crippen LogP contribution in [-0.4, -0.2) is 35.3 Å². The van der Waals surface area contributed by atoms with Crippen LogP contribution in [-0.2, 0) is 9.63 Å². The van der Waals surface area contributed by atoms with E-state index in [2.05, 4.69) is 19.0 Å². The quantitative estimate of drug-likeness (QED) is 0.488. The minimum Gasteiger partial charge on any atom is -0.384 e. The summed E-state index contributed by atoms with van der Waals surface area (Å²) in [5.74, 6) is 0.917. The van der Waals surface area contributed by atoms with E-state index in [0.29, 0.717) is 23.8 Å². The maximum Gasteiger partial charge on any atom is 0.263 e. The summed E-state index contributed by atoms with van der Waals surface area (Å²) in [6.07, 6.45) is 7.94. The number of rotatable bonds is 4. The van der Waals surface area contributed by atoms with Crippen LogP contribution in [0.25, 0.3) is 0 Å². The van der Waals surface area contributed by atoms with Crippen molar-refractivity contribution in [2.75, 3.05) is 6.61 Å². The summed E-state index contributed by atoms with van der Waals surface area (Å²) in [6, 6.07) is 0.594. The van der Waals surface area contributed by atoms with E-state index in [9.17, 15) is 4.79 Å². The van der Waals surface area contributed by atoms with Gasteiger partial charge in [0.1, 0.15) is 5.84 Å². The fourth-order valence-corrected chi connectivity index (χ4v) is 3.45. The Kier molecular flexibility index (Phi) is 5.26. The van der Waals surface area contributed by atoms with E-state index >= 15 is 0 Å². The van der Waals surface area contributed by atoms with E-state index in [1.54, 1.807) is 0 Å². The van der Waals surface area contributed by atoms with Crippen molar-refractivity contribution in [3.63, 3.8) is 0 Å². The second-order valence-corrected chi connectivity index (χ2v) is 6.20. The van der Waals surface area contributed by atoms with Crippen LogP contribution in [0, 0.1) is 5.92 Å². The molecule has 5 nitrogen and oxygen atoms in total. The first-order chi connectivity index (χ1) is 9.59. The van der Waals surface area contributed by atoms with Gasteiger partial charge in [-0.05, 0) is 46.0 Å². The van der Waals surface area contributed by atoms with Crippen LogP contribution in [0.3, 0.4) is 0 Å². The van der Waals surface area contributed by atoms with E-state index in [1.807, 2.05) is 4.90 Å². The van der Waals surface area contributed by atoms with Gasteiger partial charge in [-0.1, -0.05) is 18.0 Å². The van der Waals surface area contributed by atoms with Crippen LogP contribution in [0.1, 0.15) is 58.8 Å². The number of oxime groups is 1. The minimum atomic E-state index is 0.00208. The lowest BCUT2D eigenvalue weighted by Gasteiger charge is -2.38. The molecular formula is C15H27N3O2. The largest absolute Gasteiger partial charge is 0.384 e. The molecule has 0 spiro atoms. The normalized spacial score (nSPS) is 28.7. The minimum absolute atomic E-state index is 0.00208. The second kappa shape index (κ2) is 6.95.